The summed E-state index contributed by atoms with van der Waals surface area (Å²) in [6, 6.07) is 153. The van der Waals surface area contributed by atoms with Crippen molar-refractivity contribution in [3.63, 3.8) is 0 Å². The summed E-state index contributed by atoms with van der Waals surface area (Å²) in [5.74, 6) is 5.76. The van der Waals surface area contributed by atoms with Crippen LogP contribution in [-0.2, 0) is 0 Å². The van der Waals surface area contributed by atoms with E-state index in [9.17, 15) is 0 Å². The van der Waals surface area contributed by atoms with Gasteiger partial charge in [-0.15, -0.1) is 0 Å². The average Bonchev–Trinajstić information content (AvgIpc) is 1.63. The summed E-state index contributed by atoms with van der Waals surface area (Å²) < 4.78 is 18.8. The molecule has 27 rings (SSSR count). The first kappa shape index (κ1) is 77.2. The quantitative estimate of drug-likeness (QED) is 0.113. The van der Waals surface area contributed by atoms with Crippen molar-refractivity contribution >= 4 is 141 Å². The highest BCUT2D eigenvalue weighted by Gasteiger charge is 2.24. The molecule has 0 amide bonds. The molecule has 0 aliphatic carbocycles. The van der Waals surface area contributed by atoms with Crippen molar-refractivity contribution in [2.45, 2.75) is 0 Å². The molecule has 0 fully saturated rings. The average molecular weight is 1700 g/mol. The first-order valence-electron chi connectivity index (χ1n) is 44.4. The fraction of sp³-hybridized carbons (Fsp3) is 0. The molecule has 0 atom stereocenters. The van der Waals surface area contributed by atoms with Crippen molar-refractivity contribution in [3.8, 4) is 125 Å². The van der Waals surface area contributed by atoms with Crippen LogP contribution in [0.4, 0.5) is 0 Å². The van der Waals surface area contributed by atoms with Gasteiger partial charge in [-0.25, -0.2) is 44.9 Å². The van der Waals surface area contributed by atoms with Gasteiger partial charge in [0.15, 0.2) is 52.4 Å². The van der Waals surface area contributed by atoms with Gasteiger partial charge in [-0.3, -0.25) is 0 Å². The Morgan fingerprint density at radius 2 is 0.459 bits per heavy atom. The van der Waals surface area contributed by atoms with Gasteiger partial charge in [0.25, 0.3) is 0 Å². The molecule has 0 bridgehead atoms. The molecule has 0 saturated heterocycles. The SMILES string of the molecule is c1ccc(-c2nc(-c3ccccc3)nc(-c3ccc(-c4cccc5oc6cc7ccccc7cc6c45)cc3)n2)cc1.c1ccc(-c2nc(-c3ccccc3)nc(-c3cccc(-c4ccc5ccc6ccc7oc8ccccc8c7c6c5c4)c3)n2)cc1.c1ccc2c(c1)ccc1cc(-c3nc(-c4cc5ccccc5c5ccccc45)nc(-c4cccc5oc6ccccc6c45)n3)ccc12. The number of hydrogen-bond donors (Lipinski definition) is 0. The Bertz CT molecular complexity index is 9170. The Balaban J connectivity index is 0.000000107. The highest BCUT2D eigenvalue weighted by atomic mass is 16.3. The lowest BCUT2D eigenvalue weighted by molar-refractivity contribution is 0.668. The number of hydrogen-bond acceptors (Lipinski definition) is 12. The summed E-state index contributed by atoms with van der Waals surface area (Å²) in [7, 11) is 0. The van der Waals surface area contributed by atoms with Crippen molar-refractivity contribution in [2.75, 3.05) is 0 Å². The van der Waals surface area contributed by atoms with Crippen LogP contribution < -0.4 is 0 Å². The minimum atomic E-state index is 0.609. The monoisotopic (exact) mass is 1700 g/mol. The zero-order chi connectivity index (χ0) is 87.8. The molecule has 12 nitrogen and oxygen atoms in total. The van der Waals surface area contributed by atoms with Crippen LogP contribution in [0.15, 0.2) is 456 Å². The van der Waals surface area contributed by atoms with E-state index in [1.807, 2.05) is 170 Å². The third kappa shape index (κ3) is 14.2. The van der Waals surface area contributed by atoms with E-state index in [2.05, 4.69) is 273 Å². The minimum absolute atomic E-state index is 0.609. The summed E-state index contributed by atoms with van der Waals surface area (Å²) >= 11 is 0. The summed E-state index contributed by atoms with van der Waals surface area (Å²) in [5.41, 5.74) is 18.2. The molecular weight excluding hydrogens is 1630 g/mol. The molecule has 0 unspecified atom stereocenters. The predicted molar refractivity (Wildman–Crippen MR) is 544 cm³/mol. The molecule has 0 saturated carbocycles. The van der Waals surface area contributed by atoms with E-state index in [4.69, 9.17) is 58.1 Å². The fourth-order valence-corrected chi connectivity index (χ4v) is 18.9. The maximum atomic E-state index is 6.30. The summed E-state index contributed by atoms with van der Waals surface area (Å²) in [6.45, 7) is 0. The normalized spacial score (nSPS) is 11.6. The Morgan fingerprint density at radius 1 is 0.120 bits per heavy atom. The van der Waals surface area contributed by atoms with Crippen molar-refractivity contribution in [2.24, 2.45) is 0 Å². The molecule has 27 aromatic rings. The third-order valence-corrected chi connectivity index (χ3v) is 25.3. The van der Waals surface area contributed by atoms with Crippen molar-refractivity contribution in [3.05, 3.63) is 443 Å². The van der Waals surface area contributed by atoms with Gasteiger partial charge in [0.2, 0.25) is 0 Å². The van der Waals surface area contributed by atoms with Gasteiger partial charge in [0.05, 0.1) is 0 Å². The Morgan fingerprint density at radius 3 is 1.07 bits per heavy atom. The fourth-order valence-electron chi connectivity index (χ4n) is 18.9. The molecule has 620 valence electrons. The van der Waals surface area contributed by atoms with Gasteiger partial charge in [-0.1, -0.05) is 376 Å². The smallest absolute Gasteiger partial charge is 0.164 e. The topological polar surface area (TPSA) is 155 Å². The molecule has 0 N–H and O–H groups in total. The Labute approximate surface area is 761 Å². The molecule has 12 heteroatoms. The number of benzene rings is 21. The van der Waals surface area contributed by atoms with Crippen molar-refractivity contribution in [1.82, 2.24) is 44.9 Å². The lowest BCUT2D eigenvalue weighted by atomic mass is 9.94. The maximum Gasteiger partial charge on any atom is 0.164 e. The van der Waals surface area contributed by atoms with Gasteiger partial charge in [0.1, 0.15) is 33.5 Å². The number of aromatic nitrogens is 9. The molecule has 6 aromatic heterocycles. The van der Waals surface area contributed by atoms with E-state index < -0.39 is 0 Å². The van der Waals surface area contributed by atoms with Crippen LogP contribution in [0.3, 0.4) is 0 Å². The first-order chi connectivity index (χ1) is 65.9. The third-order valence-electron chi connectivity index (χ3n) is 25.3. The van der Waals surface area contributed by atoms with Gasteiger partial charge >= 0.3 is 0 Å². The van der Waals surface area contributed by atoms with Gasteiger partial charge < -0.3 is 13.3 Å². The number of furan rings is 3. The highest BCUT2D eigenvalue weighted by Crippen LogP contribution is 2.45. The van der Waals surface area contributed by atoms with E-state index in [1.54, 1.807) is 0 Å². The van der Waals surface area contributed by atoms with Crippen molar-refractivity contribution in [1.29, 1.82) is 0 Å². The Hall–Kier alpha value is -18.1. The van der Waals surface area contributed by atoms with E-state index in [0.717, 1.165) is 154 Å². The maximum absolute atomic E-state index is 6.30. The second-order valence-corrected chi connectivity index (χ2v) is 33.3. The standard InChI is InChI=1S/C43H25N3O.C41H25N3O.C37H23N3O/c1-3-12-30-26(10-1)20-21-28-24-29(22-23-32(28)30)41-44-42(36-17-9-19-39-40(36)35-16-7-8-18-38(35)47-39)46-43(45-41)37-25-27-11-2-4-13-31(27)33-14-5-6-15-34(33)37;1-3-10-28(11-4-1)39-42-40(29-12-5-2-6-13-29)44-41(43-39)32-15-9-14-30(24-32)31-21-19-26-18-20-27-22-23-36-38(37(27)34(26)25-31)33-16-7-8-17-35(33)45-36;1-3-10-25(11-4-1)35-38-36(26-12-5-2-6-13-26)40-37(39-35)27-20-18-24(19-21-27)30-16-9-17-32-34(30)31-22-28-14-7-8-15-29(28)23-33(31)41-32/h1-25H;1-25H;1-23H. The Kier molecular flexibility index (Phi) is 18.9. The van der Waals surface area contributed by atoms with Crippen molar-refractivity contribution < 1.29 is 13.3 Å². The number of nitrogens with zero attached hydrogens (tertiary/aromatic N) is 9. The predicted octanol–water partition coefficient (Wildman–Crippen LogP) is 31.7. The number of fused-ring (bicyclic) bond motifs is 20. The summed E-state index contributed by atoms with van der Waals surface area (Å²) in [4.78, 5) is 44.9. The summed E-state index contributed by atoms with van der Waals surface area (Å²) in [5, 5.41) is 23.2. The van der Waals surface area contributed by atoms with Crippen LogP contribution in [-0.4, -0.2) is 44.9 Å². The van der Waals surface area contributed by atoms with E-state index in [0.29, 0.717) is 52.4 Å². The first-order valence-corrected chi connectivity index (χ1v) is 44.4. The molecule has 6 heterocycles. The minimum Gasteiger partial charge on any atom is -0.456 e. The largest absolute Gasteiger partial charge is 0.456 e. The second kappa shape index (κ2) is 32.6. The lowest BCUT2D eigenvalue weighted by Crippen LogP contribution is -2.01. The van der Waals surface area contributed by atoms with Gasteiger partial charge in [-0.2, -0.15) is 0 Å². The van der Waals surface area contributed by atoms with E-state index >= 15 is 0 Å². The number of para-hydroxylation sites is 2. The molecule has 133 heavy (non-hydrogen) atoms. The van der Waals surface area contributed by atoms with Crippen LogP contribution in [0.5, 0.6) is 0 Å². The molecule has 0 spiro atoms. The summed E-state index contributed by atoms with van der Waals surface area (Å²) in [6.07, 6.45) is 0. The van der Waals surface area contributed by atoms with E-state index in [1.165, 1.54) is 59.2 Å². The van der Waals surface area contributed by atoms with Crippen LogP contribution in [0.1, 0.15) is 0 Å². The second-order valence-electron chi connectivity index (χ2n) is 33.3. The highest BCUT2D eigenvalue weighted by molar-refractivity contribution is 6.27. The van der Waals surface area contributed by atoms with E-state index in [-0.39, 0.29) is 0 Å². The molecule has 0 aliphatic rings. The molecular formula is C121H73N9O3. The molecule has 0 aliphatic heterocycles. The van der Waals surface area contributed by atoms with Crippen LogP contribution >= 0.6 is 0 Å². The van der Waals surface area contributed by atoms with Gasteiger partial charge in [-0.05, 0) is 159 Å². The van der Waals surface area contributed by atoms with Gasteiger partial charge in [0, 0.05) is 87.8 Å². The number of rotatable bonds is 11. The van der Waals surface area contributed by atoms with Crippen LogP contribution in [0, 0.1) is 0 Å². The zero-order valence-electron chi connectivity index (χ0n) is 71.4. The molecule has 0 radical (unpaired) electrons. The molecule has 21 aromatic carbocycles. The zero-order valence-corrected chi connectivity index (χ0v) is 71.4. The lowest BCUT2D eigenvalue weighted by Gasteiger charge is -2.13. The van der Waals surface area contributed by atoms with Crippen LogP contribution in [0.2, 0.25) is 0 Å². The van der Waals surface area contributed by atoms with Crippen LogP contribution in [0.25, 0.3) is 266 Å².